The van der Waals surface area contributed by atoms with Gasteiger partial charge in [-0.3, -0.25) is 10.1 Å². The van der Waals surface area contributed by atoms with E-state index in [0.717, 1.165) is 12.8 Å². The summed E-state index contributed by atoms with van der Waals surface area (Å²) in [7, 11) is 0. The molecule has 0 radical (unpaired) electrons. The van der Waals surface area contributed by atoms with Gasteiger partial charge in [-0.1, -0.05) is 11.6 Å². The molecule has 1 rings (SSSR count). The Morgan fingerprint density at radius 1 is 1.56 bits per heavy atom. The molecule has 0 aliphatic rings. The zero-order chi connectivity index (χ0) is 13.5. The van der Waals surface area contributed by atoms with E-state index in [4.69, 9.17) is 16.7 Å². The van der Waals surface area contributed by atoms with Crippen molar-refractivity contribution in [3.05, 3.63) is 38.9 Å². The van der Waals surface area contributed by atoms with Gasteiger partial charge in [0.25, 0.3) is 5.69 Å². The number of hydrogen-bond donors (Lipinski definition) is 2. The van der Waals surface area contributed by atoms with Crippen LogP contribution in [0.5, 0.6) is 0 Å². The molecule has 1 atom stereocenters. The van der Waals surface area contributed by atoms with Crippen molar-refractivity contribution in [2.45, 2.75) is 32.4 Å². The van der Waals surface area contributed by atoms with E-state index < -0.39 is 4.92 Å². The van der Waals surface area contributed by atoms with E-state index in [-0.39, 0.29) is 18.3 Å². The van der Waals surface area contributed by atoms with Gasteiger partial charge in [-0.05, 0) is 31.4 Å². The topological polar surface area (TPSA) is 75.4 Å². The third-order valence-corrected chi connectivity index (χ3v) is 3.05. The summed E-state index contributed by atoms with van der Waals surface area (Å²) < 4.78 is 0. The lowest BCUT2D eigenvalue weighted by atomic mass is 10.1. The maximum Gasteiger partial charge on any atom is 0.269 e. The van der Waals surface area contributed by atoms with Crippen LogP contribution in [0.15, 0.2) is 18.2 Å². The summed E-state index contributed by atoms with van der Waals surface area (Å²) in [5, 5.41) is 23.1. The number of nitrogens with one attached hydrogen (secondary N) is 1. The number of nitro benzene ring substituents is 1. The zero-order valence-electron chi connectivity index (χ0n) is 10.2. The minimum atomic E-state index is -0.435. The molecular weight excluding hydrogens is 256 g/mol. The molecule has 0 saturated heterocycles. The standard InChI is InChI=1S/C12H17ClN2O3/c1-9(3-2-6-16)14-8-10-7-11(15(17)18)4-5-12(10)13/h4-5,7,9,14,16H,2-3,6,8H2,1H3. The lowest BCUT2D eigenvalue weighted by molar-refractivity contribution is -0.384. The van der Waals surface area contributed by atoms with Crippen molar-refractivity contribution >= 4 is 17.3 Å². The number of rotatable bonds is 7. The van der Waals surface area contributed by atoms with E-state index >= 15 is 0 Å². The predicted molar refractivity (Wildman–Crippen MR) is 70.7 cm³/mol. The molecule has 0 bridgehead atoms. The normalized spacial score (nSPS) is 12.4. The van der Waals surface area contributed by atoms with Crippen LogP contribution < -0.4 is 5.32 Å². The van der Waals surface area contributed by atoms with Gasteiger partial charge in [0.2, 0.25) is 0 Å². The molecule has 0 spiro atoms. The fraction of sp³-hybridized carbons (Fsp3) is 0.500. The monoisotopic (exact) mass is 272 g/mol. The van der Waals surface area contributed by atoms with E-state index in [1.807, 2.05) is 6.92 Å². The Bertz CT molecular complexity index is 412. The number of nitrogens with zero attached hydrogens (tertiary/aromatic N) is 1. The van der Waals surface area contributed by atoms with Gasteiger partial charge in [0.15, 0.2) is 0 Å². The van der Waals surface area contributed by atoms with Gasteiger partial charge in [0.05, 0.1) is 4.92 Å². The highest BCUT2D eigenvalue weighted by molar-refractivity contribution is 6.31. The molecule has 18 heavy (non-hydrogen) atoms. The number of nitro groups is 1. The maximum absolute atomic E-state index is 10.7. The van der Waals surface area contributed by atoms with E-state index in [1.54, 1.807) is 0 Å². The minimum absolute atomic E-state index is 0.0409. The van der Waals surface area contributed by atoms with Crippen LogP contribution in [-0.4, -0.2) is 22.7 Å². The second-order valence-electron chi connectivity index (χ2n) is 4.18. The van der Waals surface area contributed by atoms with Crippen LogP contribution in [0.4, 0.5) is 5.69 Å². The molecule has 1 unspecified atom stereocenters. The molecule has 0 aliphatic heterocycles. The summed E-state index contributed by atoms with van der Waals surface area (Å²) >= 11 is 5.99. The molecule has 0 heterocycles. The van der Waals surface area contributed by atoms with Gasteiger partial charge in [-0.15, -0.1) is 0 Å². The fourth-order valence-electron chi connectivity index (χ4n) is 1.59. The summed E-state index contributed by atoms with van der Waals surface area (Å²) in [6.07, 6.45) is 1.58. The predicted octanol–water partition coefficient (Wildman–Crippen LogP) is 2.50. The molecule has 2 N–H and O–H groups in total. The van der Waals surface area contributed by atoms with Gasteiger partial charge in [-0.2, -0.15) is 0 Å². The van der Waals surface area contributed by atoms with Gasteiger partial charge < -0.3 is 10.4 Å². The number of non-ortho nitro benzene ring substituents is 1. The van der Waals surface area contributed by atoms with Crippen LogP contribution in [0.3, 0.4) is 0 Å². The number of hydrogen-bond acceptors (Lipinski definition) is 4. The Balaban J connectivity index is 2.60. The Morgan fingerprint density at radius 2 is 2.28 bits per heavy atom. The van der Waals surface area contributed by atoms with Crippen LogP contribution in [0.2, 0.25) is 5.02 Å². The first-order chi connectivity index (χ1) is 8.54. The second-order valence-corrected chi connectivity index (χ2v) is 4.59. The molecule has 0 amide bonds. The first-order valence-corrected chi connectivity index (χ1v) is 6.19. The quantitative estimate of drug-likeness (QED) is 0.591. The van der Waals surface area contributed by atoms with Crippen LogP contribution in [0, 0.1) is 10.1 Å². The molecule has 0 aromatic heterocycles. The minimum Gasteiger partial charge on any atom is -0.396 e. The van der Waals surface area contributed by atoms with Crippen LogP contribution in [0.25, 0.3) is 0 Å². The molecule has 0 saturated carbocycles. The Hall–Kier alpha value is -1.17. The molecule has 0 fully saturated rings. The van der Waals surface area contributed by atoms with Gasteiger partial charge >= 0.3 is 0 Å². The Kier molecular flexibility index (Phi) is 6.04. The molecule has 1 aromatic rings. The highest BCUT2D eigenvalue weighted by atomic mass is 35.5. The summed E-state index contributed by atoms with van der Waals surface area (Å²) in [6.45, 7) is 2.65. The number of benzene rings is 1. The molecular formula is C12H17ClN2O3. The zero-order valence-corrected chi connectivity index (χ0v) is 11.0. The van der Waals surface area contributed by atoms with E-state index in [1.165, 1.54) is 18.2 Å². The van der Waals surface area contributed by atoms with E-state index in [2.05, 4.69) is 5.32 Å². The second kappa shape index (κ2) is 7.31. The van der Waals surface area contributed by atoms with Crippen molar-refractivity contribution < 1.29 is 10.0 Å². The van der Waals surface area contributed by atoms with Crippen LogP contribution >= 0.6 is 11.6 Å². The van der Waals surface area contributed by atoms with Crippen molar-refractivity contribution in [3.8, 4) is 0 Å². The summed E-state index contributed by atoms with van der Waals surface area (Å²) in [5.74, 6) is 0. The lowest BCUT2D eigenvalue weighted by Gasteiger charge is -2.13. The number of aliphatic hydroxyl groups excluding tert-OH is 1. The summed E-state index contributed by atoms with van der Waals surface area (Å²) in [4.78, 5) is 10.2. The van der Waals surface area contributed by atoms with Crippen molar-refractivity contribution in [1.82, 2.24) is 5.32 Å². The molecule has 1 aromatic carbocycles. The summed E-state index contributed by atoms with van der Waals surface area (Å²) in [6, 6.07) is 4.64. The average Bonchev–Trinajstić information content (AvgIpc) is 2.35. The number of aliphatic hydroxyl groups is 1. The van der Waals surface area contributed by atoms with Gasteiger partial charge in [0, 0.05) is 36.3 Å². The smallest absolute Gasteiger partial charge is 0.269 e. The first kappa shape index (κ1) is 14.9. The average molecular weight is 273 g/mol. The van der Waals surface area contributed by atoms with Crippen molar-refractivity contribution in [2.24, 2.45) is 0 Å². The Morgan fingerprint density at radius 3 is 2.89 bits per heavy atom. The third-order valence-electron chi connectivity index (χ3n) is 2.68. The fourth-order valence-corrected chi connectivity index (χ4v) is 1.78. The lowest BCUT2D eigenvalue weighted by Crippen LogP contribution is -2.25. The van der Waals surface area contributed by atoms with Crippen LogP contribution in [-0.2, 0) is 6.54 Å². The summed E-state index contributed by atoms with van der Waals surface area (Å²) in [5.41, 5.74) is 0.751. The molecule has 0 aliphatic carbocycles. The number of halogens is 1. The van der Waals surface area contributed by atoms with Crippen LogP contribution in [0.1, 0.15) is 25.3 Å². The molecule has 100 valence electrons. The highest BCUT2D eigenvalue weighted by Crippen LogP contribution is 2.22. The SMILES string of the molecule is CC(CCCO)NCc1cc([N+](=O)[O-])ccc1Cl. The van der Waals surface area contributed by atoms with Gasteiger partial charge in [-0.25, -0.2) is 0 Å². The van der Waals surface area contributed by atoms with Gasteiger partial charge in [0.1, 0.15) is 0 Å². The Labute approximate surface area is 111 Å². The maximum atomic E-state index is 10.7. The highest BCUT2D eigenvalue weighted by Gasteiger charge is 2.10. The van der Waals surface area contributed by atoms with E-state index in [0.29, 0.717) is 17.1 Å². The van der Waals surface area contributed by atoms with Crippen molar-refractivity contribution in [3.63, 3.8) is 0 Å². The third kappa shape index (κ3) is 4.60. The largest absolute Gasteiger partial charge is 0.396 e. The molecule has 6 heteroatoms. The first-order valence-electron chi connectivity index (χ1n) is 5.81. The molecule has 5 nitrogen and oxygen atoms in total. The van der Waals surface area contributed by atoms with Crippen molar-refractivity contribution in [2.75, 3.05) is 6.61 Å². The van der Waals surface area contributed by atoms with E-state index in [9.17, 15) is 10.1 Å². The van der Waals surface area contributed by atoms with Crippen molar-refractivity contribution in [1.29, 1.82) is 0 Å².